The van der Waals surface area contributed by atoms with E-state index in [2.05, 4.69) is 11.9 Å². The lowest BCUT2D eigenvalue weighted by molar-refractivity contribution is -0.136. The second kappa shape index (κ2) is 10.6. The Labute approximate surface area is 204 Å². The van der Waals surface area contributed by atoms with Crippen molar-refractivity contribution in [2.24, 2.45) is 5.92 Å². The Hall–Kier alpha value is -3.87. The van der Waals surface area contributed by atoms with Crippen molar-refractivity contribution in [3.8, 4) is 5.75 Å². The smallest absolute Gasteiger partial charge is 0.287 e. The van der Waals surface area contributed by atoms with Crippen molar-refractivity contribution in [2.45, 2.75) is 32.9 Å². The van der Waals surface area contributed by atoms with Crippen molar-refractivity contribution in [1.82, 2.24) is 10.2 Å². The van der Waals surface area contributed by atoms with Crippen molar-refractivity contribution >= 4 is 11.8 Å². The number of ether oxygens (including phenoxy) is 1. The van der Waals surface area contributed by atoms with E-state index >= 15 is 0 Å². The monoisotopic (exact) mass is 476 g/mol. The topological polar surface area (TPSA) is 71.8 Å². The summed E-state index contributed by atoms with van der Waals surface area (Å²) in [7, 11) is 0. The fraction of sp³-hybridized carbons (Fsp3) is 0.286. The van der Waals surface area contributed by atoms with Gasteiger partial charge in [0, 0.05) is 19.0 Å². The van der Waals surface area contributed by atoms with Gasteiger partial charge in [0.2, 0.25) is 5.91 Å². The number of hydrogen-bond acceptors (Lipinski definition) is 4. The molecule has 182 valence electrons. The molecule has 2 amide bonds. The van der Waals surface area contributed by atoms with Crippen molar-refractivity contribution in [3.05, 3.63) is 101 Å². The standard InChI is InChI=1S/C28H29FN2O4/c1-4-13-30-27(32)25-11-10-23(35-25)17-34-22-9-8-19-12-14-31(28(33)18(2)3)26(24(19)16-22)20-6-5-7-21(29)15-20/h4-11,15-16,18,26H,1,12-14,17H2,2-3H3,(H,30,32)/t26-/m1/s1. The number of rotatable bonds is 8. The number of carbonyl (C=O) groups is 2. The molecule has 0 saturated heterocycles. The predicted octanol–water partition coefficient (Wildman–Crippen LogP) is 5.04. The predicted molar refractivity (Wildman–Crippen MR) is 131 cm³/mol. The molecule has 35 heavy (non-hydrogen) atoms. The van der Waals surface area contributed by atoms with Crippen LogP contribution in [0.15, 0.2) is 71.7 Å². The molecule has 4 rings (SSSR count). The number of amides is 2. The van der Waals surface area contributed by atoms with E-state index in [1.165, 1.54) is 12.1 Å². The number of hydrogen-bond donors (Lipinski definition) is 1. The number of halogens is 1. The fourth-order valence-electron chi connectivity index (χ4n) is 4.27. The minimum absolute atomic E-state index is 0.0223. The van der Waals surface area contributed by atoms with Gasteiger partial charge in [-0.1, -0.05) is 38.1 Å². The van der Waals surface area contributed by atoms with Crippen LogP contribution in [0.1, 0.15) is 52.9 Å². The molecule has 1 aromatic heterocycles. The van der Waals surface area contributed by atoms with E-state index in [1.54, 1.807) is 24.3 Å². The van der Waals surface area contributed by atoms with E-state index in [4.69, 9.17) is 9.15 Å². The van der Waals surface area contributed by atoms with Crippen molar-refractivity contribution in [1.29, 1.82) is 0 Å². The van der Waals surface area contributed by atoms with Gasteiger partial charge in [-0.2, -0.15) is 0 Å². The van der Waals surface area contributed by atoms with Crippen molar-refractivity contribution < 1.29 is 23.1 Å². The first-order chi connectivity index (χ1) is 16.9. The van der Waals surface area contributed by atoms with Gasteiger partial charge >= 0.3 is 0 Å². The third-order valence-corrected chi connectivity index (χ3v) is 5.96. The zero-order chi connectivity index (χ0) is 24.9. The first kappa shape index (κ1) is 24.3. The van der Waals surface area contributed by atoms with E-state index < -0.39 is 6.04 Å². The summed E-state index contributed by atoms with van der Waals surface area (Å²) in [6.07, 6.45) is 2.30. The average molecular weight is 477 g/mol. The maximum absolute atomic E-state index is 14.1. The molecule has 0 radical (unpaired) electrons. The number of benzene rings is 2. The second-order valence-electron chi connectivity index (χ2n) is 8.81. The van der Waals surface area contributed by atoms with Crippen LogP contribution in [0.5, 0.6) is 5.75 Å². The molecule has 2 heterocycles. The van der Waals surface area contributed by atoms with Gasteiger partial charge in [-0.15, -0.1) is 6.58 Å². The highest BCUT2D eigenvalue weighted by Crippen LogP contribution is 2.38. The molecule has 0 aliphatic carbocycles. The van der Waals surface area contributed by atoms with Gasteiger partial charge in [0.15, 0.2) is 5.76 Å². The Balaban J connectivity index is 1.58. The van der Waals surface area contributed by atoms with Crippen LogP contribution in [0.4, 0.5) is 4.39 Å². The van der Waals surface area contributed by atoms with E-state index in [9.17, 15) is 14.0 Å². The summed E-state index contributed by atoms with van der Waals surface area (Å²) < 4.78 is 25.7. The molecule has 0 bridgehead atoms. The molecule has 7 heteroatoms. The summed E-state index contributed by atoms with van der Waals surface area (Å²) in [5, 5.41) is 2.66. The summed E-state index contributed by atoms with van der Waals surface area (Å²) >= 11 is 0. The van der Waals surface area contributed by atoms with Gasteiger partial charge in [-0.25, -0.2) is 4.39 Å². The Morgan fingerprint density at radius 2 is 2.06 bits per heavy atom. The maximum atomic E-state index is 14.1. The van der Waals surface area contributed by atoms with Crippen molar-refractivity contribution in [2.75, 3.05) is 13.1 Å². The highest BCUT2D eigenvalue weighted by atomic mass is 19.1. The summed E-state index contributed by atoms with van der Waals surface area (Å²) in [6.45, 7) is 8.36. The molecule has 3 aromatic rings. The first-order valence-electron chi connectivity index (χ1n) is 11.7. The minimum Gasteiger partial charge on any atom is -0.486 e. The number of furan rings is 1. The van der Waals surface area contributed by atoms with E-state index in [1.807, 2.05) is 43.0 Å². The molecule has 1 N–H and O–H groups in total. The summed E-state index contributed by atoms with van der Waals surface area (Å²) in [5.74, 6) is 0.480. The van der Waals surface area contributed by atoms with Crippen LogP contribution in [0.2, 0.25) is 0 Å². The van der Waals surface area contributed by atoms with Crippen LogP contribution in [0.3, 0.4) is 0 Å². The molecule has 6 nitrogen and oxygen atoms in total. The molecular weight excluding hydrogens is 447 g/mol. The van der Waals surface area contributed by atoms with Gasteiger partial charge in [-0.3, -0.25) is 9.59 Å². The first-order valence-corrected chi connectivity index (χ1v) is 11.7. The van der Waals surface area contributed by atoms with Gasteiger partial charge < -0.3 is 19.4 Å². The fourth-order valence-corrected chi connectivity index (χ4v) is 4.27. The maximum Gasteiger partial charge on any atom is 0.287 e. The normalized spacial score (nSPS) is 15.0. The van der Waals surface area contributed by atoms with Gasteiger partial charge in [0.1, 0.15) is 23.9 Å². The Kier molecular flexibility index (Phi) is 7.34. The van der Waals surface area contributed by atoms with E-state index in [-0.39, 0.29) is 35.9 Å². The summed E-state index contributed by atoms with van der Waals surface area (Å²) in [5.41, 5.74) is 2.73. The largest absolute Gasteiger partial charge is 0.486 e. The van der Waals surface area contributed by atoms with Gasteiger partial charge in [0.05, 0.1) is 6.04 Å². The number of fused-ring (bicyclic) bond motifs is 1. The second-order valence-corrected chi connectivity index (χ2v) is 8.81. The molecule has 0 fully saturated rings. The number of nitrogens with one attached hydrogen (secondary N) is 1. The van der Waals surface area contributed by atoms with Crippen LogP contribution in [0.25, 0.3) is 0 Å². The third-order valence-electron chi connectivity index (χ3n) is 5.96. The van der Waals surface area contributed by atoms with Crippen LogP contribution in [0, 0.1) is 11.7 Å². The van der Waals surface area contributed by atoms with Gasteiger partial charge in [0.25, 0.3) is 5.91 Å². The SMILES string of the molecule is C=CCNC(=O)c1ccc(COc2ccc3c(c2)[C@@H](c2cccc(F)c2)N(C(=O)C(C)C)CC3)o1. The highest BCUT2D eigenvalue weighted by Gasteiger charge is 2.33. The van der Waals surface area contributed by atoms with Crippen LogP contribution in [-0.4, -0.2) is 29.8 Å². The zero-order valence-electron chi connectivity index (χ0n) is 19.9. The molecule has 2 aromatic carbocycles. The molecule has 0 spiro atoms. The quantitative estimate of drug-likeness (QED) is 0.462. The van der Waals surface area contributed by atoms with E-state index in [0.717, 1.165) is 16.7 Å². The zero-order valence-corrected chi connectivity index (χ0v) is 19.9. The minimum atomic E-state index is -0.406. The molecule has 1 aliphatic rings. The Bertz CT molecular complexity index is 1230. The number of carbonyl (C=O) groups excluding carboxylic acids is 2. The molecular formula is C28H29FN2O4. The molecule has 0 saturated carbocycles. The highest BCUT2D eigenvalue weighted by molar-refractivity contribution is 5.91. The summed E-state index contributed by atoms with van der Waals surface area (Å²) in [6, 6.07) is 15.1. The van der Waals surface area contributed by atoms with Gasteiger partial charge in [-0.05, 0) is 59.5 Å². The molecule has 1 aliphatic heterocycles. The lowest BCUT2D eigenvalue weighted by atomic mass is 9.87. The van der Waals surface area contributed by atoms with Crippen LogP contribution >= 0.6 is 0 Å². The summed E-state index contributed by atoms with van der Waals surface area (Å²) in [4.78, 5) is 26.9. The molecule has 0 unspecified atom stereocenters. The van der Waals surface area contributed by atoms with Crippen molar-refractivity contribution in [3.63, 3.8) is 0 Å². The van der Waals surface area contributed by atoms with E-state index in [0.29, 0.717) is 31.0 Å². The molecule has 1 atom stereocenters. The number of nitrogens with zero attached hydrogens (tertiary/aromatic N) is 1. The Morgan fingerprint density at radius 1 is 1.23 bits per heavy atom. The van der Waals surface area contributed by atoms with Crippen LogP contribution < -0.4 is 10.1 Å². The van der Waals surface area contributed by atoms with Crippen LogP contribution in [-0.2, 0) is 17.8 Å². The third kappa shape index (κ3) is 5.45. The Morgan fingerprint density at radius 3 is 2.80 bits per heavy atom. The average Bonchev–Trinajstić information content (AvgIpc) is 3.34. The lowest BCUT2D eigenvalue weighted by Crippen LogP contribution is -2.42. The lowest BCUT2D eigenvalue weighted by Gasteiger charge is -2.39.